The molecule has 2 amide bonds. The summed E-state index contributed by atoms with van der Waals surface area (Å²) in [5.74, 6) is -0.152. The van der Waals surface area contributed by atoms with E-state index in [9.17, 15) is 9.59 Å². The Morgan fingerprint density at radius 3 is 2.47 bits per heavy atom. The third kappa shape index (κ3) is 2.93. The number of nitrogens with two attached hydrogens (primary N) is 1. The molecule has 0 aromatic rings. The van der Waals surface area contributed by atoms with Gasteiger partial charge in [-0.25, -0.2) is 0 Å². The molecule has 1 heterocycles. The van der Waals surface area contributed by atoms with E-state index in [1.807, 2.05) is 13.8 Å². The van der Waals surface area contributed by atoms with Gasteiger partial charge in [0.25, 0.3) is 0 Å². The van der Waals surface area contributed by atoms with E-state index < -0.39 is 0 Å². The van der Waals surface area contributed by atoms with Crippen molar-refractivity contribution >= 4 is 27.7 Å². The van der Waals surface area contributed by atoms with Gasteiger partial charge in [0.2, 0.25) is 11.8 Å². The van der Waals surface area contributed by atoms with Crippen LogP contribution in [0, 0.1) is 11.8 Å². The molecule has 0 bridgehead atoms. The van der Waals surface area contributed by atoms with Crippen LogP contribution in [0.1, 0.15) is 20.3 Å². The lowest BCUT2D eigenvalue weighted by molar-refractivity contribution is -0.130. The minimum Gasteiger partial charge on any atom is -0.369 e. The van der Waals surface area contributed by atoms with Crippen LogP contribution >= 0.6 is 15.9 Å². The molecule has 86 valence electrons. The van der Waals surface area contributed by atoms with Crippen LogP contribution in [0.5, 0.6) is 0 Å². The smallest absolute Gasteiger partial charge is 0.236 e. The van der Waals surface area contributed by atoms with Crippen molar-refractivity contribution in [3.8, 4) is 0 Å². The first-order valence-electron chi connectivity index (χ1n) is 5.15. The number of hydrogen-bond acceptors (Lipinski definition) is 2. The highest BCUT2D eigenvalue weighted by atomic mass is 79.9. The summed E-state index contributed by atoms with van der Waals surface area (Å²) in [5, 5.41) is 0. The molecule has 0 aromatic heterocycles. The molecule has 1 rings (SSSR count). The van der Waals surface area contributed by atoms with E-state index >= 15 is 0 Å². The van der Waals surface area contributed by atoms with Gasteiger partial charge in [-0.3, -0.25) is 9.59 Å². The second-order valence-corrected chi connectivity index (χ2v) is 5.30. The zero-order chi connectivity index (χ0) is 11.6. The van der Waals surface area contributed by atoms with Gasteiger partial charge in [-0.15, -0.1) is 0 Å². The van der Waals surface area contributed by atoms with Gasteiger partial charge in [0, 0.05) is 13.1 Å². The van der Waals surface area contributed by atoms with Crippen LogP contribution < -0.4 is 5.73 Å². The quantitative estimate of drug-likeness (QED) is 0.773. The number of primary amides is 1. The summed E-state index contributed by atoms with van der Waals surface area (Å²) in [6.07, 6.45) is 0.693. The Kier molecular flexibility index (Phi) is 4.13. The van der Waals surface area contributed by atoms with Crippen LogP contribution in [0.25, 0.3) is 0 Å². The first-order valence-corrected chi connectivity index (χ1v) is 6.07. The van der Waals surface area contributed by atoms with Crippen molar-refractivity contribution in [3.63, 3.8) is 0 Å². The van der Waals surface area contributed by atoms with Gasteiger partial charge in [-0.1, -0.05) is 29.8 Å². The van der Waals surface area contributed by atoms with Gasteiger partial charge in [-0.05, 0) is 12.3 Å². The van der Waals surface area contributed by atoms with Gasteiger partial charge in [-0.2, -0.15) is 0 Å². The Hall–Kier alpha value is -0.580. The van der Waals surface area contributed by atoms with Crippen molar-refractivity contribution in [1.82, 2.24) is 4.90 Å². The molecule has 4 nitrogen and oxygen atoms in total. The molecule has 0 aliphatic carbocycles. The topological polar surface area (TPSA) is 63.4 Å². The van der Waals surface area contributed by atoms with E-state index in [-0.39, 0.29) is 28.5 Å². The number of rotatable bonds is 3. The standard InChI is InChI=1S/C10H17BrN2O2/c1-6(2)8(11)10(15)13-4-3-7(5-13)9(12)14/h6-8H,3-5H2,1-2H3,(H2,12,14). The van der Waals surface area contributed by atoms with E-state index in [4.69, 9.17) is 5.73 Å². The number of hydrogen-bond donors (Lipinski definition) is 1. The molecule has 0 spiro atoms. The summed E-state index contributed by atoms with van der Waals surface area (Å²) in [6.45, 7) is 5.09. The Balaban J connectivity index is 2.54. The molecule has 2 unspecified atom stereocenters. The molecule has 0 saturated carbocycles. The maximum Gasteiger partial charge on any atom is 0.236 e. The molecule has 5 heteroatoms. The molecular formula is C10H17BrN2O2. The van der Waals surface area contributed by atoms with Crippen molar-refractivity contribution in [2.45, 2.75) is 25.1 Å². The van der Waals surface area contributed by atoms with Crippen LogP contribution in [0.3, 0.4) is 0 Å². The number of nitrogens with zero attached hydrogens (tertiary/aromatic N) is 1. The average molecular weight is 277 g/mol. The molecule has 1 fully saturated rings. The van der Waals surface area contributed by atoms with Crippen LogP contribution in [0.15, 0.2) is 0 Å². The summed E-state index contributed by atoms with van der Waals surface area (Å²) in [6, 6.07) is 0. The number of alkyl halides is 1. The van der Waals surface area contributed by atoms with Crippen molar-refractivity contribution < 1.29 is 9.59 Å². The minimum atomic E-state index is -0.305. The fraction of sp³-hybridized carbons (Fsp3) is 0.800. The molecule has 0 aromatic carbocycles. The second kappa shape index (κ2) is 4.96. The number of amides is 2. The number of carbonyl (C=O) groups excluding carboxylic acids is 2. The van der Waals surface area contributed by atoms with Gasteiger partial charge in [0.05, 0.1) is 10.7 Å². The predicted molar refractivity (Wildman–Crippen MR) is 61.4 cm³/mol. The lowest BCUT2D eigenvalue weighted by Crippen LogP contribution is -2.38. The lowest BCUT2D eigenvalue weighted by atomic mass is 10.1. The highest BCUT2D eigenvalue weighted by Crippen LogP contribution is 2.21. The van der Waals surface area contributed by atoms with Crippen molar-refractivity contribution in [3.05, 3.63) is 0 Å². The molecule has 1 aliphatic heterocycles. The van der Waals surface area contributed by atoms with E-state index in [0.717, 1.165) is 0 Å². The molecule has 1 aliphatic rings. The Morgan fingerprint density at radius 1 is 1.47 bits per heavy atom. The predicted octanol–water partition coefficient (Wildman–Crippen LogP) is 0.740. The maximum atomic E-state index is 11.9. The summed E-state index contributed by atoms with van der Waals surface area (Å²) in [5.41, 5.74) is 5.21. The summed E-state index contributed by atoms with van der Waals surface area (Å²) < 4.78 is 0. The highest BCUT2D eigenvalue weighted by Gasteiger charge is 2.33. The second-order valence-electron chi connectivity index (χ2n) is 4.32. The normalized spacial score (nSPS) is 23.2. The minimum absolute atomic E-state index is 0.0637. The van der Waals surface area contributed by atoms with Crippen LogP contribution in [0.2, 0.25) is 0 Å². The molecule has 15 heavy (non-hydrogen) atoms. The molecule has 0 radical (unpaired) electrons. The fourth-order valence-corrected chi connectivity index (χ4v) is 1.94. The summed E-state index contributed by atoms with van der Waals surface area (Å²) >= 11 is 3.37. The molecule has 2 N–H and O–H groups in total. The van der Waals surface area contributed by atoms with Gasteiger partial charge < -0.3 is 10.6 Å². The van der Waals surface area contributed by atoms with E-state index in [1.165, 1.54) is 0 Å². The Labute approximate surface area is 98.3 Å². The van der Waals surface area contributed by atoms with Crippen molar-refractivity contribution in [2.24, 2.45) is 17.6 Å². The first kappa shape index (κ1) is 12.5. The van der Waals surface area contributed by atoms with E-state index in [2.05, 4.69) is 15.9 Å². The third-order valence-electron chi connectivity index (χ3n) is 2.72. The molecule has 1 saturated heterocycles. The monoisotopic (exact) mass is 276 g/mol. The van der Waals surface area contributed by atoms with Crippen LogP contribution in [-0.4, -0.2) is 34.6 Å². The van der Waals surface area contributed by atoms with Gasteiger partial charge in [0.15, 0.2) is 0 Å². The average Bonchev–Trinajstić information content (AvgIpc) is 2.64. The Bertz CT molecular complexity index is 268. The number of likely N-dealkylation sites (tertiary alicyclic amines) is 1. The van der Waals surface area contributed by atoms with E-state index in [1.54, 1.807) is 4.90 Å². The number of carbonyl (C=O) groups is 2. The van der Waals surface area contributed by atoms with Crippen LogP contribution in [-0.2, 0) is 9.59 Å². The zero-order valence-electron chi connectivity index (χ0n) is 9.07. The largest absolute Gasteiger partial charge is 0.369 e. The Morgan fingerprint density at radius 2 is 2.07 bits per heavy atom. The van der Waals surface area contributed by atoms with E-state index in [0.29, 0.717) is 19.5 Å². The van der Waals surface area contributed by atoms with Gasteiger partial charge in [0.1, 0.15) is 0 Å². The summed E-state index contributed by atoms with van der Waals surface area (Å²) in [7, 11) is 0. The van der Waals surface area contributed by atoms with Crippen LogP contribution in [0.4, 0.5) is 0 Å². The van der Waals surface area contributed by atoms with Crippen molar-refractivity contribution in [2.75, 3.05) is 13.1 Å². The highest BCUT2D eigenvalue weighted by molar-refractivity contribution is 9.10. The zero-order valence-corrected chi connectivity index (χ0v) is 10.7. The maximum absolute atomic E-state index is 11.9. The fourth-order valence-electron chi connectivity index (χ4n) is 1.65. The number of halogens is 1. The first-order chi connectivity index (χ1) is 6.93. The summed E-state index contributed by atoms with van der Waals surface area (Å²) in [4.78, 5) is 24.4. The molecular weight excluding hydrogens is 260 g/mol. The SMILES string of the molecule is CC(C)C(Br)C(=O)N1CCC(C(N)=O)C1. The van der Waals surface area contributed by atoms with Gasteiger partial charge >= 0.3 is 0 Å². The lowest BCUT2D eigenvalue weighted by Gasteiger charge is -2.21. The third-order valence-corrected chi connectivity index (χ3v) is 4.17. The van der Waals surface area contributed by atoms with Crippen molar-refractivity contribution in [1.29, 1.82) is 0 Å². The molecule has 2 atom stereocenters.